The van der Waals surface area contributed by atoms with Crippen LogP contribution in [-0.2, 0) is 0 Å². The van der Waals surface area contributed by atoms with Crippen LogP contribution in [0.15, 0.2) is 29.1 Å². The summed E-state index contributed by atoms with van der Waals surface area (Å²) in [4.78, 5) is 28.2. The lowest BCUT2D eigenvalue weighted by Crippen LogP contribution is -2.49. The first-order chi connectivity index (χ1) is 15.3. The molecule has 2 aliphatic rings. The number of carbonyl (C=O) groups is 1. The van der Waals surface area contributed by atoms with Crippen molar-refractivity contribution in [3.8, 4) is 0 Å². The van der Waals surface area contributed by atoms with Crippen LogP contribution in [0.5, 0.6) is 0 Å². The zero-order chi connectivity index (χ0) is 22.9. The summed E-state index contributed by atoms with van der Waals surface area (Å²) in [7, 11) is 0. The maximum absolute atomic E-state index is 12.9. The number of hydrogen-bond acceptors (Lipinski definition) is 5. The molecule has 3 N–H and O–H groups in total. The molecule has 2 fully saturated rings. The molecule has 0 atom stereocenters. The number of imidazole rings is 1. The van der Waals surface area contributed by atoms with Crippen molar-refractivity contribution in [3.05, 3.63) is 34.7 Å². The number of rotatable bonds is 5. The van der Waals surface area contributed by atoms with Crippen LogP contribution in [0, 0.1) is 5.92 Å². The molecule has 1 aliphatic heterocycles. The molecule has 1 amide bonds. The van der Waals surface area contributed by atoms with E-state index in [2.05, 4.69) is 10.2 Å². The molecule has 8 nitrogen and oxygen atoms in total. The SMILES string of the molecule is CC(C)n1c(=O)n(C(=O)NCC2CCN(C[C@]3(O)CC[C@H](O)CC3)CC2)c2ccccc21.Cl. The van der Waals surface area contributed by atoms with Crippen molar-refractivity contribution in [2.24, 2.45) is 5.92 Å². The van der Waals surface area contributed by atoms with E-state index in [-0.39, 0.29) is 36.3 Å². The number of piperidine rings is 1. The molecule has 0 unspecified atom stereocenters. The molecule has 1 saturated carbocycles. The van der Waals surface area contributed by atoms with Gasteiger partial charge < -0.3 is 20.4 Å². The summed E-state index contributed by atoms with van der Waals surface area (Å²) in [5, 5.41) is 23.5. The van der Waals surface area contributed by atoms with Gasteiger partial charge in [0.25, 0.3) is 0 Å². The summed E-state index contributed by atoms with van der Waals surface area (Å²) in [5.74, 6) is 0.354. The third kappa shape index (κ3) is 5.62. The fourth-order valence-electron chi connectivity index (χ4n) is 5.24. The molecular weight excluding hydrogens is 444 g/mol. The van der Waals surface area contributed by atoms with E-state index in [0.29, 0.717) is 50.2 Å². The molecule has 184 valence electrons. The van der Waals surface area contributed by atoms with Crippen LogP contribution in [0.25, 0.3) is 11.0 Å². The molecule has 2 aromatic rings. The van der Waals surface area contributed by atoms with Gasteiger partial charge in [-0.2, -0.15) is 0 Å². The first kappa shape index (κ1) is 25.7. The van der Waals surface area contributed by atoms with Gasteiger partial charge >= 0.3 is 11.7 Å². The van der Waals surface area contributed by atoms with Crippen LogP contribution in [-0.4, -0.2) is 68.2 Å². The largest absolute Gasteiger partial charge is 0.393 e. The molecule has 1 aliphatic carbocycles. The van der Waals surface area contributed by atoms with E-state index in [9.17, 15) is 19.8 Å². The Morgan fingerprint density at radius 3 is 2.33 bits per heavy atom. The average Bonchev–Trinajstić information content (AvgIpc) is 3.07. The summed E-state index contributed by atoms with van der Waals surface area (Å²) in [6.45, 7) is 6.85. The molecule has 0 bridgehead atoms. The number of carbonyl (C=O) groups excluding carboxylic acids is 1. The lowest BCUT2D eigenvalue weighted by molar-refractivity contribution is -0.0572. The first-order valence-electron chi connectivity index (χ1n) is 11.9. The van der Waals surface area contributed by atoms with Gasteiger partial charge in [0.1, 0.15) is 0 Å². The fraction of sp³-hybridized carbons (Fsp3) is 0.667. The Balaban J connectivity index is 0.00000306. The van der Waals surface area contributed by atoms with Gasteiger partial charge in [-0.25, -0.2) is 14.2 Å². The van der Waals surface area contributed by atoms with Gasteiger partial charge in [0, 0.05) is 19.1 Å². The number of aliphatic hydroxyl groups excluding tert-OH is 1. The van der Waals surface area contributed by atoms with Crippen LogP contribution in [0.3, 0.4) is 0 Å². The number of aromatic nitrogens is 2. The van der Waals surface area contributed by atoms with Crippen LogP contribution in [0.1, 0.15) is 58.4 Å². The maximum atomic E-state index is 12.9. The van der Waals surface area contributed by atoms with Crippen molar-refractivity contribution < 1.29 is 15.0 Å². The second kappa shape index (κ2) is 10.6. The molecule has 0 spiro atoms. The van der Waals surface area contributed by atoms with E-state index in [4.69, 9.17) is 0 Å². The molecule has 4 rings (SSSR count). The Bertz CT molecular complexity index is 1000. The van der Waals surface area contributed by atoms with E-state index in [1.807, 2.05) is 38.1 Å². The highest BCUT2D eigenvalue weighted by molar-refractivity contribution is 5.89. The minimum atomic E-state index is -0.688. The summed E-state index contributed by atoms with van der Waals surface area (Å²) < 4.78 is 2.90. The zero-order valence-electron chi connectivity index (χ0n) is 19.6. The number of β-amino-alcohol motifs (C(OH)–C–C–N with tert-alkyl or cyclic N) is 1. The Labute approximate surface area is 201 Å². The van der Waals surface area contributed by atoms with Crippen LogP contribution < -0.4 is 11.0 Å². The van der Waals surface area contributed by atoms with Crippen LogP contribution in [0.4, 0.5) is 4.79 Å². The van der Waals surface area contributed by atoms with Gasteiger partial charge in [0.2, 0.25) is 0 Å². The minimum Gasteiger partial charge on any atom is -0.393 e. The van der Waals surface area contributed by atoms with E-state index < -0.39 is 5.60 Å². The molecule has 0 radical (unpaired) electrons. The van der Waals surface area contributed by atoms with Crippen molar-refractivity contribution in [3.63, 3.8) is 0 Å². The number of benzene rings is 1. The van der Waals surface area contributed by atoms with Gasteiger partial charge in [-0.05, 0) is 83.5 Å². The Hall–Kier alpha value is -1.87. The molecular formula is C24H37ClN4O4. The predicted molar refractivity (Wildman–Crippen MR) is 131 cm³/mol. The number of fused-ring (bicyclic) bond motifs is 1. The van der Waals surface area contributed by atoms with Gasteiger partial charge in [0.15, 0.2) is 0 Å². The number of nitrogens with zero attached hydrogens (tertiary/aromatic N) is 3. The van der Waals surface area contributed by atoms with Crippen molar-refractivity contribution in [1.82, 2.24) is 19.4 Å². The molecule has 1 saturated heterocycles. The average molecular weight is 481 g/mol. The van der Waals surface area contributed by atoms with Gasteiger partial charge in [0.05, 0.1) is 22.7 Å². The quantitative estimate of drug-likeness (QED) is 0.611. The summed E-state index contributed by atoms with van der Waals surface area (Å²) >= 11 is 0. The Kier molecular flexibility index (Phi) is 8.26. The lowest BCUT2D eigenvalue weighted by atomic mass is 9.82. The predicted octanol–water partition coefficient (Wildman–Crippen LogP) is 2.74. The van der Waals surface area contributed by atoms with Gasteiger partial charge in [-0.1, -0.05) is 12.1 Å². The molecule has 1 aromatic carbocycles. The van der Waals surface area contributed by atoms with Crippen LogP contribution >= 0.6 is 12.4 Å². The number of aliphatic hydroxyl groups is 2. The number of hydrogen-bond donors (Lipinski definition) is 3. The number of para-hydroxylation sites is 2. The first-order valence-corrected chi connectivity index (χ1v) is 11.9. The zero-order valence-corrected chi connectivity index (χ0v) is 20.4. The maximum Gasteiger partial charge on any atom is 0.337 e. The Morgan fingerprint density at radius 1 is 1.12 bits per heavy atom. The topological polar surface area (TPSA) is 99.7 Å². The molecule has 33 heavy (non-hydrogen) atoms. The number of nitrogens with one attached hydrogen (secondary N) is 1. The smallest absolute Gasteiger partial charge is 0.337 e. The molecule has 9 heteroatoms. The van der Waals surface area contributed by atoms with Gasteiger partial charge in [-0.3, -0.25) is 4.57 Å². The second-order valence-electron chi connectivity index (χ2n) is 9.93. The van der Waals surface area contributed by atoms with Gasteiger partial charge in [-0.15, -0.1) is 12.4 Å². The summed E-state index contributed by atoms with van der Waals surface area (Å²) in [6.07, 6.45) is 4.28. The highest BCUT2D eigenvalue weighted by atomic mass is 35.5. The van der Waals surface area contributed by atoms with E-state index in [0.717, 1.165) is 31.4 Å². The second-order valence-corrected chi connectivity index (χ2v) is 9.93. The van der Waals surface area contributed by atoms with E-state index in [1.165, 1.54) is 4.57 Å². The summed E-state index contributed by atoms with van der Waals surface area (Å²) in [5.41, 5.74) is 0.402. The lowest BCUT2D eigenvalue weighted by Gasteiger charge is -2.40. The molecule has 2 heterocycles. The minimum absolute atomic E-state index is 0. The third-order valence-electron chi connectivity index (χ3n) is 7.15. The van der Waals surface area contributed by atoms with E-state index in [1.54, 1.807) is 4.57 Å². The van der Waals surface area contributed by atoms with Crippen LogP contribution in [0.2, 0.25) is 0 Å². The highest BCUT2D eigenvalue weighted by Gasteiger charge is 2.35. The summed E-state index contributed by atoms with van der Waals surface area (Å²) in [6, 6.07) is 6.99. The number of likely N-dealkylation sites (tertiary alicyclic amines) is 1. The highest BCUT2D eigenvalue weighted by Crippen LogP contribution is 2.30. The Morgan fingerprint density at radius 2 is 1.73 bits per heavy atom. The van der Waals surface area contributed by atoms with Crippen molar-refractivity contribution >= 4 is 29.5 Å². The monoisotopic (exact) mass is 480 g/mol. The van der Waals surface area contributed by atoms with E-state index >= 15 is 0 Å². The third-order valence-corrected chi connectivity index (χ3v) is 7.15. The van der Waals surface area contributed by atoms with Crippen molar-refractivity contribution in [2.45, 2.75) is 70.1 Å². The number of amides is 1. The fourth-order valence-corrected chi connectivity index (χ4v) is 5.24. The van der Waals surface area contributed by atoms with Crippen molar-refractivity contribution in [1.29, 1.82) is 0 Å². The standard InChI is InChI=1S/C24H36N4O4.ClH/c1-17(2)27-20-5-3-4-6-21(20)28(23(27)31)22(30)25-15-18-9-13-26(14-10-18)16-24(32)11-7-19(29)8-12-24;/h3-6,17-19,29,32H,7-16H2,1-2H3,(H,25,30);1H/t19-,24-;. The normalized spacial score (nSPS) is 24.7. The van der Waals surface area contributed by atoms with Crippen molar-refractivity contribution in [2.75, 3.05) is 26.2 Å². The molecule has 1 aromatic heterocycles. The number of halogens is 1.